The maximum absolute atomic E-state index is 5.21. The van der Waals surface area contributed by atoms with Crippen LogP contribution in [0.25, 0.3) is 0 Å². The third kappa shape index (κ3) is 1.90. The average molecular weight is 211 g/mol. The lowest BCUT2D eigenvalue weighted by Gasteiger charge is -2.11. The second-order valence-corrected chi connectivity index (χ2v) is 4.61. The first-order valence-electron chi connectivity index (χ1n) is 5.36. The molecule has 0 spiro atoms. The van der Waals surface area contributed by atoms with Gasteiger partial charge in [0, 0.05) is 13.0 Å². The molecule has 1 N–H and O–H groups in total. The quantitative estimate of drug-likeness (QED) is 0.776. The van der Waals surface area contributed by atoms with Gasteiger partial charge in [0.25, 0.3) is 0 Å². The third-order valence-electron chi connectivity index (χ3n) is 3.05. The normalized spacial score (nSPS) is 18.4. The summed E-state index contributed by atoms with van der Waals surface area (Å²) in [6.07, 6.45) is 3.74. The third-order valence-corrected chi connectivity index (χ3v) is 3.36. The van der Waals surface area contributed by atoms with Crippen LogP contribution in [0, 0.1) is 16.6 Å². The minimum atomic E-state index is 0.740. The SMILES string of the molecule is CCc1n[nH]c(=S)n1CC(C)C1CC1. The van der Waals surface area contributed by atoms with Crippen molar-refractivity contribution in [3.05, 3.63) is 10.6 Å². The molecule has 0 aliphatic heterocycles. The molecule has 0 bridgehead atoms. The van der Waals surface area contributed by atoms with Gasteiger partial charge in [0.05, 0.1) is 0 Å². The Labute approximate surface area is 89.5 Å². The fourth-order valence-corrected chi connectivity index (χ4v) is 2.14. The number of hydrogen-bond donors (Lipinski definition) is 1. The molecule has 4 heteroatoms. The van der Waals surface area contributed by atoms with E-state index in [9.17, 15) is 0 Å². The maximum Gasteiger partial charge on any atom is 0.195 e. The lowest BCUT2D eigenvalue weighted by atomic mass is 10.1. The van der Waals surface area contributed by atoms with Crippen LogP contribution in [0.4, 0.5) is 0 Å². The Morgan fingerprint density at radius 3 is 2.93 bits per heavy atom. The Hall–Kier alpha value is -0.640. The standard InChI is InChI=1S/C10H17N3S/c1-3-9-11-12-10(14)13(9)6-7(2)8-4-5-8/h7-8H,3-6H2,1-2H3,(H,12,14). The topological polar surface area (TPSA) is 33.6 Å². The number of aromatic nitrogens is 3. The monoisotopic (exact) mass is 211 g/mol. The molecule has 1 aliphatic carbocycles. The number of hydrogen-bond acceptors (Lipinski definition) is 2. The average Bonchev–Trinajstić information content (AvgIpc) is 2.95. The lowest BCUT2D eigenvalue weighted by Crippen LogP contribution is -2.12. The molecule has 1 saturated carbocycles. The first-order valence-corrected chi connectivity index (χ1v) is 5.77. The molecule has 3 nitrogen and oxygen atoms in total. The van der Waals surface area contributed by atoms with Crippen molar-refractivity contribution in [3.63, 3.8) is 0 Å². The fraction of sp³-hybridized carbons (Fsp3) is 0.800. The molecule has 1 aromatic heterocycles. The molecule has 14 heavy (non-hydrogen) atoms. The van der Waals surface area contributed by atoms with Crippen molar-refractivity contribution in [1.29, 1.82) is 0 Å². The van der Waals surface area contributed by atoms with Crippen LogP contribution in [0.15, 0.2) is 0 Å². The minimum Gasteiger partial charge on any atom is -0.304 e. The van der Waals surface area contributed by atoms with Gasteiger partial charge >= 0.3 is 0 Å². The van der Waals surface area contributed by atoms with E-state index in [4.69, 9.17) is 12.2 Å². The van der Waals surface area contributed by atoms with Crippen molar-refractivity contribution in [2.45, 2.75) is 39.7 Å². The van der Waals surface area contributed by atoms with Crippen molar-refractivity contribution in [2.24, 2.45) is 11.8 Å². The summed E-state index contributed by atoms with van der Waals surface area (Å²) in [5.74, 6) is 2.75. The molecule has 1 aromatic rings. The maximum atomic E-state index is 5.21. The molecule has 78 valence electrons. The lowest BCUT2D eigenvalue weighted by molar-refractivity contribution is 0.420. The minimum absolute atomic E-state index is 0.740. The van der Waals surface area contributed by atoms with E-state index in [1.165, 1.54) is 12.8 Å². The molecular weight excluding hydrogens is 194 g/mol. The summed E-state index contributed by atoms with van der Waals surface area (Å²) in [7, 11) is 0. The second-order valence-electron chi connectivity index (χ2n) is 4.22. The Kier molecular flexibility index (Phi) is 2.72. The number of rotatable bonds is 4. The molecule has 1 unspecified atom stereocenters. The van der Waals surface area contributed by atoms with E-state index in [0.29, 0.717) is 0 Å². The van der Waals surface area contributed by atoms with E-state index in [0.717, 1.165) is 35.4 Å². The Bertz CT molecular complexity index is 362. The molecule has 0 aromatic carbocycles. The molecule has 1 atom stereocenters. The highest BCUT2D eigenvalue weighted by atomic mass is 32.1. The molecule has 2 rings (SSSR count). The van der Waals surface area contributed by atoms with Gasteiger partial charge in [-0.25, -0.2) is 0 Å². The number of nitrogens with zero attached hydrogens (tertiary/aromatic N) is 2. The Morgan fingerprint density at radius 1 is 1.64 bits per heavy atom. The highest BCUT2D eigenvalue weighted by Gasteiger charge is 2.28. The summed E-state index contributed by atoms with van der Waals surface area (Å²) < 4.78 is 2.92. The van der Waals surface area contributed by atoms with Crippen LogP contribution >= 0.6 is 12.2 Å². The zero-order valence-corrected chi connectivity index (χ0v) is 9.60. The van der Waals surface area contributed by atoms with Crippen LogP contribution in [-0.4, -0.2) is 14.8 Å². The number of aryl methyl sites for hydroxylation is 1. The molecule has 0 saturated heterocycles. The van der Waals surface area contributed by atoms with E-state index in [1.54, 1.807) is 0 Å². The smallest absolute Gasteiger partial charge is 0.195 e. The van der Waals surface area contributed by atoms with Crippen LogP contribution in [-0.2, 0) is 13.0 Å². The Balaban J connectivity index is 2.13. The van der Waals surface area contributed by atoms with Gasteiger partial charge in [0.15, 0.2) is 4.77 Å². The van der Waals surface area contributed by atoms with Gasteiger partial charge in [-0.2, -0.15) is 5.10 Å². The number of H-pyrrole nitrogens is 1. The summed E-state index contributed by atoms with van der Waals surface area (Å²) in [4.78, 5) is 0. The van der Waals surface area contributed by atoms with Gasteiger partial charge in [0.2, 0.25) is 0 Å². The molecular formula is C10H17N3S. The summed E-state index contributed by atoms with van der Waals surface area (Å²) >= 11 is 5.21. The number of aromatic amines is 1. The molecule has 1 aliphatic rings. The predicted octanol–water partition coefficient (Wildman–Crippen LogP) is 2.55. The van der Waals surface area contributed by atoms with E-state index >= 15 is 0 Å². The summed E-state index contributed by atoms with van der Waals surface area (Å²) in [6, 6.07) is 0. The fourth-order valence-electron chi connectivity index (χ4n) is 1.91. The van der Waals surface area contributed by atoms with Crippen molar-refractivity contribution in [1.82, 2.24) is 14.8 Å². The van der Waals surface area contributed by atoms with Gasteiger partial charge in [-0.15, -0.1) is 0 Å². The van der Waals surface area contributed by atoms with E-state index in [2.05, 4.69) is 28.6 Å². The molecule has 0 amide bonds. The highest BCUT2D eigenvalue weighted by molar-refractivity contribution is 7.71. The Morgan fingerprint density at radius 2 is 2.36 bits per heavy atom. The van der Waals surface area contributed by atoms with Crippen LogP contribution in [0.1, 0.15) is 32.5 Å². The van der Waals surface area contributed by atoms with Gasteiger partial charge < -0.3 is 4.57 Å². The van der Waals surface area contributed by atoms with E-state index in [1.807, 2.05) is 0 Å². The van der Waals surface area contributed by atoms with Gasteiger partial charge in [0.1, 0.15) is 5.82 Å². The van der Waals surface area contributed by atoms with Crippen LogP contribution < -0.4 is 0 Å². The summed E-state index contributed by atoms with van der Waals surface area (Å²) in [6.45, 7) is 5.46. The van der Waals surface area contributed by atoms with Crippen LogP contribution in [0.3, 0.4) is 0 Å². The van der Waals surface area contributed by atoms with Crippen molar-refractivity contribution in [2.75, 3.05) is 0 Å². The highest BCUT2D eigenvalue weighted by Crippen LogP contribution is 2.37. The van der Waals surface area contributed by atoms with Gasteiger partial charge in [-0.1, -0.05) is 13.8 Å². The van der Waals surface area contributed by atoms with Crippen molar-refractivity contribution < 1.29 is 0 Å². The van der Waals surface area contributed by atoms with Gasteiger partial charge in [-0.3, -0.25) is 5.10 Å². The summed E-state index contributed by atoms with van der Waals surface area (Å²) in [5, 5.41) is 7.08. The summed E-state index contributed by atoms with van der Waals surface area (Å²) in [5.41, 5.74) is 0. The zero-order valence-electron chi connectivity index (χ0n) is 8.79. The van der Waals surface area contributed by atoms with Gasteiger partial charge in [-0.05, 0) is 36.9 Å². The van der Waals surface area contributed by atoms with E-state index in [-0.39, 0.29) is 0 Å². The molecule has 1 fully saturated rings. The second kappa shape index (κ2) is 3.85. The van der Waals surface area contributed by atoms with Crippen LogP contribution in [0.2, 0.25) is 0 Å². The predicted molar refractivity (Wildman–Crippen MR) is 58.7 cm³/mol. The largest absolute Gasteiger partial charge is 0.304 e. The van der Waals surface area contributed by atoms with Crippen molar-refractivity contribution in [3.8, 4) is 0 Å². The first kappa shape index (κ1) is 9.90. The molecule has 0 radical (unpaired) electrons. The first-order chi connectivity index (χ1) is 6.72. The van der Waals surface area contributed by atoms with Crippen molar-refractivity contribution >= 4 is 12.2 Å². The number of nitrogens with one attached hydrogen (secondary N) is 1. The zero-order chi connectivity index (χ0) is 10.1. The van der Waals surface area contributed by atoms with E-state index < -0.39 is 0 Å². The van der Waals surface area contributed by atoms with Crippen LogP contribution in [0.5, 0.6) is 0 Å². The molecule has 1 heterocycles.